The summed E-state index contributed by atoms with van der Waals surface area (Å²) in [6, 6.07) is 13.4. The van der Waals surface area contributed by atoms with Crippen LogP contribution in [0.5, 0.6) is 0 Å². The highest BCUT2D eigenvalue weighted by atomic mass is 35.5. The fourth-order valence-electron chi connectivity index (χ4n) is 4.08. The van der Waals surface area contributed by atoms with Gasteiger partial charge in [-0.15, -0.1) is 0 Å². The average molecular weight is 428 g/mol. The molecule has 1 aromatic heterocycles. The lowest BCUT2D eigenvalue weighted by molar-refractivity contribution is -0.130. The molecule has 2 heterocycles. The average Bonchev–Trinajstić information content (AvgIpc) is 3.06. The largest absolute Gasteiger partial charge is 0.419 e. The SMILES string of the molecule is CN(Cc1ccccc1N1CCCCC1)C(=O)CCn1c(=O)oc2cc(Cl)ccc21. The molecule has 158 valence electrons. The van der Waals surface area contributed by atoms with E-state index in [1.54, 1.807) is 23.1 Å². The number of hydrogen-bond acceptors (Lipinski definition) is 4. The second-order valence-electron chi connectivity index (χ2n) is 7.81. The molecule has 0 spiro atoms. The summed E-state index contributed by atoms with van der Waals surface area (Å²) in [4.78, 5) is 29.1. The summed E-state index contributed by atoms with van der Waals surface area (Å²) in [5.74, 6) is -0.489. The van der Waals surface area contributed by atoms with Crippen molar-refractivity contribution in [1.82, 2.24) is 9.47 Å². The number of carbonyl (C=O) groups excluding carboxylic acids is 1. The number of benzene rings is 2. The quantitative estimate of drug-likeness (QED) is 0.589. The zero-order valence-electron chi connectivity index (χ0n) is 17.1. The molecule has 0 unspecified atom stereocenters. The Morgan fingerprint density at radius 3 is 2.70 bits per heavy atom. The summed E-state index contributed by atoms with van der Waals surface area (Å²) in [6.07, 6.45) is 3.92. The Bertz CT molecular complexity index is 1100. The van der Waals surface area contributed by atoms with Gasteiger partial charge in [0.15, 0.2) is 5.58 Å². The summed E-state index contributed by atoms with van der Waals surface area (Å²) >= 11 is 5.96. The van der Waals surface area contributed by atoms with Crippen molar-refractivity contribution in [3.63, 3.8) is 0 Å². The minimum Gasteiger partial charge on any atom is -0.408 e. The first-order valence-corrected chi connectivity index (χ1v) is 10.8. The number of fused-ring (bicyclic) bond motifs is 1. The van der Waals surface area contributed by atoms with Crippen LogP contribution in [0.4, 0.5) is 5.69 Å². The summed E-state index contributed by atoms with van der Waals surface area (Å²) in [5.41, 5.74) is 3.45. The lowest BCUT2D eigenvalue weighted by Gasteiger charge is -2.31. The van der Waals surface area contributed by atoms with Gasteiger partial charge < -0.3 is 14.2 Å². The van der Waals surface area contributed by atoms with E-state index in [0.717, 1.165) is 18.7 Å². The molecule has 1 aliphatic heterocycles. The predicted octanol–water partition coefficient (Wildman–Crippen LogP) is 4.29. The molecule has 30 heavy (non-hydrogen) atoms. The molecule has 0 saturated carbocycles. The van der Waals surface area contributed by atoms with Crippen molar-refractivity contribution in [1.29, 1.82) is 0 Å². The Balaban J connectivity index is 1.43. The molecule has 1 saturated heterocycles. The molecular formula is C23H26ClN3O3. The van der Waals surface area contributed by atoms with Gasteiger partial charge in [-0.05, 0) is 43.0 Å². The number of rotatable bonds is 6. The van der Waals surface area contributed by atoms with Gasteiger partial charge in [0.05, 0.1) is 5.52 Å². The maximum atomic E-state index is 12.8. The molecule has 0 N–H and O–H groups in total. The summed E-state index contributed by atoms with van der Waals surface area (Å²) in [6.45, 7) is 2.94. The van der Waals surface area contributed by atoms with E-state index >= 15 is 0 Å². The Morgan fingerprint density at radius 2 is 1.90 bits per heavy atom. The van der Waals surface area contributed by atoms with Crippen LogP contribution in [0, 0.1) is 0 Å². The highest BCUT2D eigenvalue weighted by Gasteiger charge is 2.18. The van der Waals surface area contributed by atoms with Crippen molar-refractivity contribution >= 4 is 34.3 Å². The smallest absolute Gasteiger partial charge is 0.408 e. The van der Waals surface area contributed by atoms with E-state index in [1.165, 1.54) is 29.5 Å². The van der Waals surface area contributed by atoms with E-state index in [9.17, 15) is 9.59 Å². The molecule has 1 amide bonds. The topological polar surface area (TPSA) is 58.7 Å². The highest BCUT2D eigenvalue weighted by Crippen LogP contribution is 2.25. The highest BCUT2D eigenvalue weighted by molar-refractivity contribution is 6.31. The van der Waals surface area contributed by atoms with Gasteiger partial charge >= 0.3 is 5.76 Å². The number of aryl methyl sites for hydroxylation is 1. The molecule has 0 aliphatic carbocycles. The number of aromatic nitrogens is 1. The molecule has 2 aromatic carbocycles. The minimum absolute atomic E-state index is 0.0151. The van der Waals surface area contributed by atoms with Crippen molar-refractivity contribution in [2.45, 2.75) is 38.8 Å². The number of amides is 1. The van der Waals surface area contributed by atoms with Crippen molar-refractivity contribution < 1.29 is 9.21 Å². The third kappa shape index (κ3) is 4.38. The third-order valence-corrected chi connectivity index (χ3v) is 5.94. The minimum atomic E-state index is -0.474. The number of carbonyl (C=O) groups is 1. The number of halogens is 1. The van der Waals surface area contributed by atoms with Crippen LogP contribution in [-0.4, -0.2) is 35.5 Å². The van der Waals surface area contributed by atoms with Gasteiger partial charge in [-0.1, -0.05) is 29.8 Å². The number of nitrogens with zero attached hydrogens (tertiary/aromatic N) is 3. The normalized spacial score (nSPS) is 14.3. The van der Waals surface area contributed by atoms with Crippen LogP contribution >= 0.6 is 11.6 Å². The lowest BCUT2D eigenvalue weighted by atomic mass is 10.1. The standard InChI is InChI=1S/C23H26ClN3O3/c1-25(16-17-7-3-4-8-19(17)26-12-5-2-6-13-26)22(28)11-14-27-20-10-9-18(24)15-21(20)30-23(27)29/h3-4,7-10,15H,2,5-6,11-14,16H2,1H3. The van der Waals surface area contributed by atoms with Gasteiger partial charge in [0.25, 0.3) is 0 Å². The Kier molecular flexibility index (Phi) is 6.13. The van der Waals surface area contributed by atoms with Crippen molar-refractivity contribution in [3.05, 3.63) is 63.6 Å². The molecule has 0 bridgehead atoms. The van der Waals surface area contributed by atoms with Crippen LogP contribution < -0.4 is 10.7 Å². The molecular weight excluding hydrogens is 402 g/mol. The van der Waals surface area contributed by atoms with Gasteiger partial charge in [0.2, 0.25) is 5.91 Å². The van der Waals surface area contributed by atoms with E-state index < -0.39 is 5.76 Å². The maximum absolute atomic E-state index is 12.8. The molecule has 0 radical (unpaired) electrons. The summed E-state index contributed by atoms with van der Waals surface area (Å²) in [7, 11) is 1.81. The Hall–Kier alpha value is -2.73. The summed E-state index contributed by atoms with van der Waals surface area (Å²) in [5, 5.41) is 0.506. The first-order chi connectivity index (χ1) is 14.5. The molecule has 0 atom stereocenters. The monoisotopic (exact) mass is 427 g/mol. The third-order valence-electron chi connectivity index (χ3n) is 5.70. The van der Waals surface area contributed by atoms with Gasteiger partial charge in [0.1, 0.15) is 0 Å². The van der Waals surface area contributed by atoms with Crippen LogP contribution in [0.15, 0.2) is 51.7 Å². The molecule has 3 aromatic rings. The number of piperidine rings is 1. The Labute approximate surface area is 180 Å². The number of para-hydroxylation sites is 1. The first-order valence-electron chi connectivity index (χ1n) is 10.4. The van der Waals surface area contributed by atoms with Crippen LogP contribution in [0.2, 0.25) is 5.02 Å². The molecule has 4 rings (SSSR count). The zero-order valence-corrected chi connectivity index (χ0v) is 17.9. The van der Waals surface area contributed by atoms with E-state index in [1.807, 2.05) is 13.1 Å². The Morgan fingerprint density at radius 1 is 1.13 bits per heavy atom. The first kappa shape index (κ1) is 20.5. The summed E-state index contributed by atoms with van der Waals surface area (Å²) < 4.78 is 6.73. The van der Waals surface area contributed by atoms with Crippen molar-refractivity contribution in [2.75, 3.05) is 25.0 Å². The molecule has 1 aliphatic rings. The second kappa shape index (κ2) is 8.96. The molecule has 7 heteroatoms. The van der Waals surface area contributed by atoms with Gasteiger partial charge in [0, 0.05) is 56.4 Å². The van der Waals surface area contributed by atoms with Gasteiger partial charge in [-0.2, -0.15) is 0 Å². The van der Waals surface area contributed by atoms with Gasteiger partial charge in [-0.3, -0.25) is 9.36 Å². The second-order valence-corrected chi connectivity index (χ2v) is 8.24. The van der Waals surface area contributed by atoms with E-state index in [4.69, 9.17) is 16.0 Å². The maximum Gasteiger partial charge on any atom is 0.419 e. The fraction of sp³-hybridized carbons (Fsp3) is 0.391. The van der Waals surface area contributed by atoms with Crippen LogP contribution in [0.25, 0.3) is 11.1 Å². The van der Waals surface area contributed by atoms with Gasteiger partial charge in [-0.25, -0.2) is 4.79 Å². The zero-order chi connectivity index (χ0) is 21.1. The molecule has 1 fully saturated rings. The van der Waals surface area contributed by atoms with Crippen LogP contribution in [-0.2, 0) is 17.9 Å². The lowest BCUT2D eigenvalue weighted by Crippen LogP contribution is -2.32. The molecule has 6 nitrogen and oxygen atoms in total. The predicted molar refractivity (Wildman–Crippen MR) is 119 cm³/mol. The fourth-order valence-corrected chi connectivity index (χ4v) is 4.24. The van der Waals surface area contributed by atoms with Crippen LogP contribution in [0.3, 0.4) is 0 Å². The number of anilines is 1. The van der Waals surface area contributed by atoms with E-state index in [0.29, 0.717) is 22.7 Å². The van der Waals surface area contributed by atoms with E-state index in [-0.39, 0.29) is 18.9 Å². The van der Waals surface area contributed by atoms with Crippen molar-refractivity contribution in [3.8, 4) is 0 Å². The van der Waals surface area contributed by atoms with Crippen LogP contribution in [0.1, 0.15) is 31.2 Å². The van der Waals surface area contributed by atoms with E-state index in [2.05, 4.69) is 23.1 Å². The van der Waals surface area contributed by atoms with Crippen molar-refractivity contribution in [2.24, 2.45) is 0 Å². The number of oxazole rings is 1. The number of hydrogen-bond donors (Lipinski definition) is 0.